The van der Waals surface area contributed by atoms with Gasteiger partial charge < -0.3 is 10.2 Å². The zero-order valence-electron chi connectivity index (χ0n) is 10.8. The summed E-state index contributed by atoms with van der Waals surface area (Å²) in [5, 5.41) is 17.6. The molecular formula is C12H13F2NO5S. The molecule has 0 spiro atoms. The molecule has 0 aromatic heterocycles. The number of halogens is 2. The lowest BCUT2D eigenvalue weighted by molar-refractivity contribution is 0.0696. The van der Waals surface area contributed by atoms with Crippen molar-refractivity contribution in [2.24, 2.45) is 0 Å². The minimum absolute atomic E-state index is 0.249. The van der Waals surface area contributed by atoms with E-state index in [0.717, 1.165) is 0 Å². The van der Waals surface area contributed by atoms with Gasteiger partial charge >= 0.3 is 5.97 Å². The Morgan fingerprint density at radius 2 is 2.00 bits per heavy atom. The van der Waals surface area contributed by atoms with Crippen LogP contribution < -0.4 is 0 Å². The summed E-state index contributed by atoms with van der Waals surface area (Å²) >= 11 is 0. The van der Waals surface area contributed by atoms with Crippen LogP contribution in [0.15, 0.2) is 29.7 Å². The molecule has 0 unspecified atom stereocenters. The summed E-state index contributed by atoms with van der Waals surface area (Å²) in [7, 11) is -4.51. The molecule has 0 aliphatic carbocycles. The van der Waals surface area contributed by atoms with E-state index in [1.807, 2.05) is 0 Å². The number of hydrogen-bond donors (Lipinski definition) is 2. The number of carboxylic acid groups (broad SMARTS) is 1. The lowest BCUT2D eigenvalue weighted by Crippen LogP contribution is -2.34. The second-order valence-corrected chi connectivity index (χ2v) is 5.86. The fourth-order valence-corrected chi connectivity index (χ4v) is 3.08. The SMILES string of the molecule is C=CCN(CCO)S(=O)(=O)c1cc(C(=O)O)cc(F)c1F. The van der Waals surface area contributed by atoms with Crippen molar-refractivity contribution in [1.82, 2.24) is 4.31 Å². The molecule has 0 fully saturated rings. The Morgan fingerprint density at radius 3 is 2.48 bits per heavy atom. The number of rotatable bonds is 7. The van der Waals surface area contributed by atoms with E-state index >= 15 is 0 Å². The number of aliphatic hydroxyl groups is 1. The van der Waals surface area contributed by atoms with Gasteiger partial charge in [0.05, 0.1) is 12.2 Å². The number of carbonyl (C=O) groups is 1. The molecule has 6 nitrogen and oxygen atoms in total. The van der Waals surface area contributed by atoms with Crippen molar-refractivity contribution in [3.05, 3.63) is 42.0 Å². The van der Waals surface area contributed by atoms with Crippen molar-refractivity contribution in [2.75, 3.05) is 19.7 Å². The smallest absolute Gasteiger partial charge is 0.335 e. The van der Waals surface area contributed by atoms with Crippen LogP contribution in [0.4, 0.5) is 8.78 Å². The Balaban J connectivity index is 3.48. The number of sulfonamides is 1. The van der Waals surface area contributed by atoms with Gasteiger partial charge in [0.25, 0.3) is 0 Å². The van der Waals surface area contributed by atoms with Crippen LogP contribution in [0.2, 0.25) is 0 Å². The summed E-state index contributed by atoms with van der Waals surface area (Å²) in [6.07, 6.45) is 1.20. The lowest BCUT2D eigenvalue weighted by Gasteiger charge is -2.20. The Labute approximate surface area is 120 Å². The maximum absolute atomic E-state index is 13.7. The van der Waals surface area contributed by atoms with Crippen LogP contribution in [0.3, 0.4) is 0 Å². The van der Waals surface area contributed by atoms with Gasteiger partial charge in [0, 0.05) is 13.1 Å². The van der Waals surface area contributed by atoms with Gasteiger partial charge in [-0.1, -0.05) is 6.08 Å². The highest BCUT2D eigenvalue weighted by atomic mass is 32.2. The Morgan fingerprint density at radius 1 is 1.38 bits per heavy atom. The van der Waals surface area contributed by atoms with Gasteiger partial charge in [0.2, 0.25) is 10.0 Å². The molecule has 0 heterocycles. The third-order valence-electron chi connectivity index (χ3n) is 2.54. The lowest BCUT2D eigenvalue weighted by atomic mass is 10.2. The summed E-state index contributed by atoms with van der Waals surface area (Å²) in [6, 6.07) is 0.921. The molecule has 0 amide bonds. The average Bonchev–Trinajstić information content (AvgIpc) is 2.40. The molecule has 9 heteroatoms. The van der Waals surface area contributed by atoms with Gasteiger partial charge in [-0.15, -0.1) is 6.58 Å². The van der Waals surface area contributed by atoms with E-state index < -0.39 is 44.7 Å². The molecule has 0 atom stereocenters. The predicted octanol–water partition coefficient (Wildman–Crippen LogP) is 0.832. The number of carboxylic acids is 1. The second-order valence-electron chi connectivity index (χ2n) is 3.95. The molecular weight excluding hydrogens is 308 g/mol. The Bertz CT molecular complexity index is 660. The molecule has 0 saturated carbocycles. The minimum atomic E-state index is -4.51. The van der Waals surface area contributed by atoms with Gasteiger partial charge in [-0.2, -0.15) is 4.31 Å². The summed E-state index contributed by atoms with van der Waals surface area (Å²) in [5.74, 6) is -4.86. The van der Waals surface area contributed by atoms with E-state index in [-0.39, 0.29) is 13.1 Å². The summed E-state index contributed by atoms with van der Waals surface area (Å²) in [4.78, 5) is 9.71. The summed E-state index contributed by atoms with van der Waals surface area (Å²) in [6.45, 7) is 2.16. The standard InChI is InChI=1S/C12H13F2NO5S/c1-2-3-15(4-5-16)21(19,20)10-7-8(12(17)18)6-9(13)11(10)14/h2,6-7,16H,1,3-5H2,(H,17,18). The van der Waals surface area contributed by atoms with E-state index in [1.54, 1.807) is 0 Å². The number of nitrogens with zero attached hydrogens (tertiary/aromatic N) is 1. The molecule has 0 aliphatic rings. The van der Waals surface area contributed by atoms with Crippen LogP contribution in [-0.4, -0.2) is 48.6 Å². The highest BCUT2D eigenvalue weighted by Crippen LogP contribution is 2.23. The van der Waals surface area contributed by atoms with Gasteiger partial charge in [0.1, 0.15) is 4.90 Å². The van der Waals surface area contributed by atoms with E-state index in [0.29, 0.717) is 16.4 Å². The van der Waals surface area contributed by atoms with Crippen LogP contribution in [0.25, 0.3) is 0 Å². The molecule has 0 bridgehead atoms. The molecule has 1 aromatic carbocycles. The van der Waals surface area contributed by atoms with Crippen molar-refractivity contribution >= 4 is 16.0 Å². The molecule has 21 heavy (non-hydrogen) atoms. The Kier molecular flexibility index (Phi) is 5.53. The molecule has 0 saturated heterocycles. The van der Waals surface area contributed by atoms with Gasteiger partial charge in [-0.3, -0.25) is 0 Å². The number of hydrogen-bond acceptors (Lipinski definition) is 4. The first-order chi connectivity index (χ1) is 9.75. The maximum atomic E-state index is 13.7. The first kappa shape index (κ1) is 17.2. The first-order valence-corrected chi connectivity index (χ1v) is 7.14. The largest absolute Gasteiger partial charge is 0.478 e. The third kappa shape index (κ3) is 3.63. The van der Waals surface area contributed by atoms with Crippen LogP contribution in [0, 0.1) is 11.6 Å². The summed E-state index contributed by atoms with van der Waals surface area (Å²) < 4.78 is 52.2. The molecule has 0 radical (unpaired) electrons. The fourth-order valence-electron chi connectivity index (χ4n) is 1.58. The molecule has 116 valence electrons. The topological polar surface area (TPSA) is 94.9 Å². The van der Waals surface area contributed by atoms with Crippen molar-refractivity contribution in [1.29, 1.82) is 0 Å². The molecule has 2 N–H and O–H groups in total. The first-order valence-electron chi connectivity index (χ1n) is 5.70. The predicted molar refractivity (Wildman–Crippen MR) is 69.4 cm³/mol. The third-order valence-corrected chi connectivity index (χ3v) is 4.41. The zero-order valence-corrected chi connectivity index (χ0v) is 11.6. The van der Waals surface area contributed by atoms with Crippen LogP contribution in [0.1, 0.15) is 10.4 Å². The number of aliphatic hydroxyl groups excluding tert-OH is 1. The normalized spacial score (nSPS) is 11.6. The maximum Gasteiger partial charge on any atom is 0.335 e. The van der Waals surface area contributed by atoms with Gasteiger partial charge in [-0.05, 0) is 12.1 Å². The van der Waals surface area contributed by atoms with Gasteiger partial charge in [-0.25, -0.2) is 22.0 Å². The van der Waals surface area contributed by atoms with Crippen LogP contribution in [-0.2, 0) is 10.0 Å². The van der Waals surface area contributed by atoms with Crippen molar-refractivity contribution in [2.45, 2.75) is 4.90 Å². The van der Waals surface area contributed by atoms with E-state index in [2.05, 4.69) is 6.58 Å². The molecule has 1 rings (SSSR count). The van der Waals surface area contributed by atoms with Crippen molar-refractivity contribution in [3.63, 3.8) is 0 Å². The second kappa shape index (κ2) is 6.74. The number of benzene rings is 1. The monoisotopic (exact) mass is 321 g/mol. The van der Waals surface area contributed by atoms with Crippen LogP contribution >= 0.6 is 0 Å². The minimum Gasteiger partial charge on any atom is -0.478 e. The zero-order chi connectivity index (χ0) is 16.2. The quantitative estimate of drug-likeness (QED) is 0.726. The molecule has 1 aromatic rings. The fraction of sp³-hybridized carbons (Fsp3) is 0.250. The van der Waals surface area contributed by atoms with Crippen molar-refractivity contribution < 1.29 is 32.2 Å². The van der Waals surface area contributed by atoms with E-state index in [4.69, 9.17) is 10.2 Å². The summed E-state index contributed by atoms with van der Waals surface area (Å²) in [5.41, 5.74) is -0.699. The number of aromatic carboxylic acids is 1. The average molecular weight is 321 g/mol. The van der Waals surface area contributed by atoms with Crippen LogP contribution in [0.5, 0.6) is 0 Å². The van der Waals surface area contributed by atoms with Crippen molar-refractivity contribution in [3.8, 4) is 0 Å². The molecule has 0 aliphatic heterocycles. The van der Waals surface area contributed by atoms with E-state index in [1.165, 1.54) is 6.08 Å². The van der Waals surface area contributed by atoms with E-state index in [9.17, 15) is 22.0 Å². The Hall–Kier alpha value is -1.84. The highest BCUT2D eigenvalue weighted by Gasteiger charge is 2.29. The van der Waals surface area contributed by atoms with Gasteiger partial charge in [0.15, 0.2) is 11.6 Å². The highest BCUT2D eigenvalue weighted by molar-refractivity contribution is 7.89.